The van der Waals surface area contributed by atoms with Gasteiger partial charge in [-0.25, -0.2) is 13.6 Å². The molecule has 2 aromatic rings. The smallest absolute Gasteiger partial charge is 0.410 e. The summed E-state index contributed by atoms with van der Waals surface area (Å²) in [6.07, 6.45) is 2.35. The summed E-state index contributed by atoms with van der Waals surface area (Å²) in [7, 11) is 0. The van der Waals surface area contributed by atoms with Crippen molar-refractivity contribution in [1.82, 2.24) is 4.90 Å². The Hall–Kier alpha value is -2.71. The van der Waals surface area contributed by atoms with Crippen LogP contribution in [0.1, 0.15) is 62.3 Å². The first-order valence-electron chi connectivity index (χ1n) is 12.6. The topological polar surface area (TPSA) is 57.2 Å². The van der Waals surface area contributed by atoms with Gasteiger partial charge in [-0.2, -0.15) is 0 Å². The molecule has 2 heterocycles. The summed E-state index contributed by atoms with van der Waals surface area (Å²) in [5.74, 6) is -2.73. The fourth-order valence-electron chi connectivity index (χ4n) is 4.45. The Kier molecular flexibility index (Phi) is 8.46. The molecule has 1 atom stereocenters. The molecule has 0 N–H and O–H groups in total. The highest BCUT2D eigenvalue weighted by molar-refractivity contribution is 5.70. The fraction of sp³-hybridized carbons (Fsp3) is 0.536. The zero-order chi connectivity index (χ0) is 25.6. The number of hydrogen-bond donors (Lipinski definition) is 0. The van der Waals surface area contributed by atoms with Gasteiger partial charge < -0.3 is 23.8 Å². The lowest BCUT2D eigenvalue weighted by Gasteiger charge is -2.32. The van der Waals surface area contributed by atoms with Crippen LogP contribution >= 0.6 is 0 Å². The third kappa shape index (κ3) is 7.40. The number of alkyl halides is 2. The molecule has 4 rings (SSSR count). The van der Waals surface area contributed by atoms with Crippen LogP contribution in [0.3, 0.4) is 0 Å². The van der Waals surface area contributed by atoms with Gasteiger partial charge in [0.1, 0.15) is 18.5 Å². The van der Waals surface area contributed by atoms with Crippen LogP contribution in [0.4, 0.5) is 13.6 Å². The summed E-state index contributed by atoms with van der Waals surface area (Å²) in [5, 5.41) is 0. The Labute approximate surface area is 211 Å². The summed E-state index contributed by atoms with van der Waals surface area (Å²) in [6.45, 7) is 5.05. The minimum absolute atomic E-state index is 0.307. The van der Waals surface area contributed by atoms with E-state index in [1.165, 1.54) is 0 Å². The Morgan fingerprint density at radius 2 is 1.86 bits per heavy atom. The van der Waals surface area contributed by atoms with Gasteiger partial charge in [-0.3, -0.25) is 0 Å². The van der Waals surface area contributed by atoms with Crippen molar-refractivity contribution in [3.8, 4) is 5.75 Å². The van der Waals surface area contributed by atoms with Gasteiger partial charge in [-0.15, -0.1) is 0 Å². The molecule has 8 heteroatoms. The van der Waals surface area contributed by atoms with E-state index in [1.807, 2.05) is 38.1 Å². The third-order valence-electron chi connectivity index (χ3n) is 6.36. The van der Waals surface area contributed by atoms with E-state index in [9.17, 15) is 13.6 Å². The Bertz CT molecular complexity index is 1010. The maximum absolute atomic E-state index is 14.0. The molecule has 0 aliphatic carbocycles. The van der Waals surface area contributed by atoms with Crippen molar-refractivity contribution in [1.29, 1.82) is 0 Å². The van der Waals surface area contributed by atoms with Crippen LogP contribution in [-0.2, 0) is 27.2 Å². The number of carbonyl (C=O) groups is 1. The number of cyclic esters (lactones) is 1. The normalized spacial score (nSPS) is 19.1. The molecular formula is C28H35F2NO5. The highest BCUT2D eigenvalue weighted by atomic mass is 19.3. The van der Waals surface area contributed by atoms with E-state index in [2.05, 4.69) is 0 Å². The molecule has 0 saturated carbocycles. The van der Waals surface area contributed by atoms with E-state index in [0.717, 1.165) is 36.1 Å². The summed E-state index contributed by atoms with van der Waals surface area (Å²) >= 11 is 0. The number of rotatable bonds is 12. The molecule has 1 fully saturated rings. The average Bonchev–Trinajstić information content (AvgIpc) is 3.20. The van der Waals surface area contributed by atoms with Crippen molar-refractivity contribution in [3.05, 3.63) is 65.2 Å². The maximum Gasteiger partial charge on any atom is 0.410 e. The number of benzene rings is 2. The summed E-state index contributed by atoms with van der Waals surface area (Å²) in [6, 6.07) is 14.5. The van der Waals surface area contributed by atoms with Crippen LogP contribution in [0.15, 0.2) is 48.5 Å². The first-order chi connectivity index (χ1) is 17.2. The van der Waals surface area contributed by atoms with Gasteiger partial charge in [-0.1, -0.05) is 49.2 Å². The van der Waals surface area contributed by atoms with Crippen molar-refractivity contribution >= 4 is 6.09 Å². The van der Waals surface area contributed by atoms with Crippen molar-refractivity contribution in [2.75, 3.05) is 26.3 Å². The predicted molar refractivity (Wildman–Crippen MR) is 131 cm³/mol. The standard InChI is InChI=1S/C28H35F2NO5/c1-27(2)34-19-23-16-22(12-13-24(23)36-27)25-18-31(26(32)35-25)14-8-3-4-9-15-33-20-28(29,30)17-21-10-6-5-7-11-21/h5-7,10-13,16,25H,3-4,8-9,14-15,17-20H2,1-2H3. The van der Waals surface area contributed by atoms with Gasteiger partial charge in [0.05, 0.1) is 13.2 Å². The number of hydrogen-bond acceptors (Lipinski definition) is 5. The van der Waals surface area contributed by atoms with Crippen LogP contribution in [-0.4, -0.2) is 49.0 Å². The minimum atomic E-state index is -2.87. The molecule has 0 aromatic heterocycles. The average molecular weight is 504 g/mol. The molecule has 2 aromatic carbocycles. The molecule has 6 nitrogen and oxygen atoms in total. The van der Waals surface area contributed by atoms with Crippen LogP contribution in [0, 0.1) is 0 Å². The van der Waals surface area contributed by atoms with Gasteiger partial charge >= 0.3 is 6.09 Å². The van der Waals surface area contributed by atoms with E-state index in [1.54, 1.807) is 29.2 Å². The summed E-state index contributed by atoms with van der Waals surface area (Å²) in [5.41, 5.74) is 2.48. The Morgan fingerprint density at radius 1 is 1.08 bits per heavy atom. The van der Waals surface area contributed by atoms with Crippen LogP contribution in [0.2, 0.25) is 0 Å². The first kappa shape index (κ1) is 26.4. The minimum Gasteiger partial charge on any atom is -0.463 e. The van der Waals surface area contributed by atoms with E-state index < -0.39 is 18.3 Å². The molecule has 1 unspecified atom stereocenters. The van der Waals surface area contributed by atoms with Crippen LogP contribution < -0.4 is 4.74 Å². The number of halogens is 2. The quantitative estimate of drug-likeness (QED) is 0.319. The van der Waals surface area contributed by atoms with Crippen molar-refractivity contribution in [2.24, 2.45) is 0 Å². The van der Waals surface area contributed by atoms with Crippen molar-refractivity contribution < 1.29 is 32.5 Å². The van der Waals surface area contributed by atoms with Crippen molar-refractivity contribution in [3.63, 3.8) is 0 Å². The van der Waals surface area contributed by atoms with Crippen LogP contribution in [0.5, 0.6) is 5.75 Å². The van der Waals surface area contributed by atoms with E-state index in [0.29, 0.717) is 38.3 Å². The number of fused-ring (bicyclic) bond motifs is 1. The van der Waals surface area contributed by atoms with Gasteiger partial charge in [0, 0.05) is 39.0 Å². The second kappa shape index (κ2) is 11.6. The molecule has 0 radical (unpaired) electrons. The lowest BCUT2D eigenvalue weighted by atomic mass is 10.0. The van der Waals surface area contributed by atoms with E-state index in [-0.39, 0.29) is 18.6 Å². The highest BCUT2D eigenvalue weighted by Crippen LogP contribution is 2.35. The molecule has 1 saturated heterocycles. The van der Waals surface area contributed by atoms with Gasteiger partial charge in [0.2, 0.25) is 5.79 Å². The maximum atomic E-state index is 14.0. The lowest BCUT2D eigenvalue weighted by molar-refractivity contribution is -0.180. The zero-order valence-electron chi connectivity index (χ0n) is 21.0. The molecule has 1 amide bonds. The fourth-order valence-corrected chi connectivity index (χ4v) is 4.45. The molecule has 0 bridgehead atoms. The Morgan fingerprint density at radius 3 is 2.67 bits per heavy atom. The lowest BCUT2D eigenvalue weighted by Crippen LogP contribution is -2.35. The number of ether oxygens (including phenoxy) is 4. The molecule has 2 aliphatic rings. The SMILES string of the molecule is CC1(C)OCc2cc(C3CN(CCCCCCOCC(F)(F)Cc4ccccc4)C(=O)O3)ccc2O1. The highest BCUT2D eigenvalue weighted by Gasteiger charge is 2.34. The molecule has 0 spiro atoms. The second-order valence-electron chi connectivity index (χ2n) is 9.96. The summed E-state index contributed by atoms with van der Waals surface area (Å²) in [4.78, 5) is 14.0. The van der Waals surface area contributed by atoms with Crippen molar-refractivity contribution in [2.45, 2.75) is 70.4 Å². The predicted octanol–water partition coefficient (Wildman–Crippen LogP) is 6.28. The van der Waals surface area contributed by atoms with Gasteiger partial charge in [0.25, 0.3) is 5.92 Å². The first-order valence-corrected chi connectivity index (χ1v) is 12.6. The third-order valence-corrected chi connectivity index (χ3v) is 6.36. The number of amides is 1. The number of unbranched alkanes of at least 4 members (excludes halogenated alkanes) is 3. The van der Waals surface area contributed by atoms with Gasteiger partial charge in [0.15, 0.2) is 0 Å². The molecule has 196 valence electrons. The number of carbonyl (C=O) groups excluding carboxylic acids is 1. The zero-order valence-corrected chi connectivity index (χ0v) is 21.0. The Balaban J connectivity index is 1.10. The monoisotopic (exact) mass is 503 g/mol. The van der Waals surface area contributed by atoms with E-state index >= 15 is 0 Å². The second-order valence-corrected chi connectivity index (χ2v) is 9.96. The van der Waals surface area contributed by atoms with Crippen LogP contribution in [0.25, 0.3) is 0 Å². The largest absolute Gasteiger partial charge is 0.463 e. The molecule has 36 heavy (non-hydrogen) atoms. The number of nitrogens with zero attached hydrogens (tertiary/aromatic N) is 1. The molecule has 2 aliphatic heterocycles. The molecular weight excluding hydrogens is 468 g/mol. The van der Waals surface area contributed by atoms with Gasteiger partial charge in [-0.05, 0) is 36.1 Å². The summed E-state index contributed by atoms with van der Waals surface area (Å²) < 4.78 is 50.4. The van der Waals surface area contributed by atoms with E-state index in [4.69, 9.17) is 18.9 Å².